The van der Waals surface area contributed by atoms with Crippen LogP contribution in [0.1, 0.15) is 48.8 Å². The van der Waals surface area contributed by atoms with Gasteiger partial charge in [-0.1, -0.05) is 38.6 Å². The summed E-state index contributed by atoms with van der Waals surface area (Å²) < 4.78 is 42.1. The van der Waals surface area contributed by atoms with Gasteiger partial charge < -0.3 is 4.84 Å². The fourth-order valence-corrected chi connectivity index (χ4v) is 3.10. The highest BCUT2D eigenvalue weighted by atomic mass is 19.4. The van der Waals surface area contributed by atoms with Gasteiger partial charge in [0.25, 0.3) is 5.90 Å². The molecule has 0 saturated carbocycles. The predicted octanol–water partition coefficient (Wildman–Crippen LogP) is 5.16. The molecular weight excluding hydrogens is 393 g/mol. The third-order valence-electron chi connectivity index (χ3n) is 4.46. The van der Waals surface area contributed by atoms with Gasteiger partial charge in [0.1, 0.15) is 5.69 Å². The van der Waals surface area contributed by atoms with E-state index in [0.717, 1.165) is 18.2 Å². The number of rotatable bonds is 8. The summed E-state index contributed by atoms with van der Waals surface area (Å²) >= 11 is 0. The van der Waals surface area contributed by atoms with E-state index in [4.69, 9.17) is 10.7 Å². The molecule has 0 spiro atoms. The van der Waals surface area contributed by atoms with Crippen molar-refractivity contribution in [2.45, 2.75) is 46.3 Å². The van der Waals surface area contributed by atoms with Gasteiger partial charge in [0.2, 0.25) is 0 Å². The van der Waals surface area contributed by atoms with Gasteiger partial charge in [-0.25, -0.2) is 4.99 Å². The minimum atomic E-state index is -4.50. The largest absolute Gasteiger partial charge is 0.416 e. The Bertz CT molecular complexity index is 942. The predicted molar refractivity (Wildman–Crippen MR) is 113 cm³/mol. The number of allylic oxidation sites excluding steroid dienone is 1. The van der Waals surface area contributed by atoms with E-state index in [2.05, 4.69) is 37.1 Å². The van der Waals surface area contributed by atoms with Crippen molar-refractivity contribution in [2.75, 3.05) is 0 Å². The molecule has 2 N–H and O–H groups in total. The molecule has 0 unspecified atom stereocenters. The van der Waals surface area contributed by atoms with Crippen LogP contribution in [0.15, 0.2) is 48.5 Å². The first kappa shape index (κ1) is 23.4. The molecule has 2 aromatic rings. The third-order valence-corrected chi connectivity index (χ3v) is 4.46. The van der Waals surface area contributed by atoms with Crippen LogP contribution in [0.3, 0.4) is 0 Å². The van der Waals surface area contributed by atoms with Crippen molar-refractivity contribution < 1.29 is 18.0 Å². The number of halogens is 3. The van der Waals surface area contributed by atoms with Crippen molar-refractivity contribution in [2.24, 2.45) is 16.8 Å². The smallest absolute Gasteiger partial charge is 0.389 e. The summed E-state index contributed by atoms with van der Waals surface area (Å²) in [5.41, 5.74) is 1.07. The molecule has 1 heterocycles. The lowest BCUT2D eigenvalue weighted by molar-refractivity contribution is -0.138. The first-order chi connectivity index (χ1) is 14.1. The summed E-state index contributed by atoms with van der Waals surface area (Å²) in [6.07, 6.45) is -2.16. The molecule has 1 aromatic heterocycles. The van der Waals surface area contributed by atoms with Crippen molar-refractivity contribution in [3.63, 3.8) is 0 Å². The minimum absolute atomic E-state index is 0.0130. The first-order valence-corrected chi connectivity index (χ1v) is 9.63. The Balaban J connectivity index is 2.42. The van der Waals surface area contributed by atoms with E-state index in [-0.39, 0.29) is 29.1 Å². The Morgan fingerprint density at radius 3 is 2.57 bits per heavy atom. The maximum absolute atomic E-state index is 13.4. The summed E-state index contributed by atoms with van der Waals surface area (Å²) in [6, 6.07) is 5.77. The van der Waals surface area contributed by atoms with Crippen LogP contribution < -0.4 is 5.90 Å². The number of nitrogens with zero attached hydrogens (tertiary/aromatic N) is 3. The molecule has 2 rings (SSSR count). The monoisotopic (exact) mass is 420 g/mol. The van der Waals surface area contributed by atoms with Gasteiger partial charge in [0, 0.05) is 17.8 Å². The summed E-state index contributed by atoms with van der Waals surface area (Å²) in [5.74, 6) is 5.79. The molecule has 162 valence electrons. The van der Waals surface area contributed by atoms with Crippen molar-refractivity contribution >= 4 is 11.6 Å². The van der Waals surface area contributed by atoms with Gasteiger partial charge in [-0.05, 0) is 43.4 Å². The molecule has 0 atom stereocenters. The normalized spacial score (nSPS) is 12.3. The number of hydrogen-bond acceptors (Lipinski definition) is 4. The highest BCUT2D eigenvalue weighted by Crippen LogP contribution is 2.34. The van der Waals surface area contributed by atoms with Crippen LogP contribution in [0.4, 0.5) is 13.2 Å². The molecule has 5 nitrogen and oxygen atoms in total. The molecular formula is C22H27F3N4O. The first-order valence-electron chi connectivity index (χ1n) is 9.63. The van der Waals surface area contributed by atoms with Crippen molar-refractivity contribution in [3.8, 4) is 0 Å². The minimum Gasteiger partial charge on any atom is -0.389 e. The van der Waals surface area contributed by atoms with Crippen LogP contribution in [0.25, 0.3) is 5.70 Å². The van der Waals surface area contributed by atoms with Crippen LogP contribution in [-0.4, -0.2) is 15.7 Å². The Morgan fingerprint density at radius 2 is 2.03 bits per heavy atom. The van der Waals surface area contributed by atoms with E-state index in [0.29, 0.717) is 18.2 Å². The maximum atomic E-state index is 13.4. The number of hydrogen-bond donors (Lipinski definition) is 1. The Labute approximate surface area is 174 Å². The van der Waals surface area contributed by atoms with E-state index in [9.17, 15) is 13.2 Å². The third kappa shape index (κ3) is 5.60. The zero-order chi connectivity index (χ0) is 22.5. The molecule has 8 heteroatoms. The SMILES string of the molecule is C=CCc1ccc(C(=C)/N=C(\ON)c2cc(CC(C)C)n(CC)n2)cc1C(F)(F)F. The summed E-state index contributed by atoms with van der Waals surface area (Å²) in [4.78, 5) is 9.10. The van der Waals surface area contributed by atoms with E-state index in [1.165, 1.54) is 18.2 Å². The lowest BCUT2D eigenvalue weighted by atomic mass is 10.00. The van der Waals surface area contributed by atoms with Crippen molar-refractivity contribution in [1.82, 2.24) is 9.78 Å². The second-order valence-corrected chi connectivity index (χ2v) is 7.28. The van der Waals surface area contributed by atoms with Gasteiger partial charge >= 0.3 is 6.18 Å². The molecule has 0 aliphatic heterocycles. The second kappa shape index (κ2) is 9.75. The topological polar surface area (TPSA) is 65.4 Å². The Hall–Kier alpha value is -2.87. The number of aliphatic imine (C=N–C) groups is 1. The summed E-state index contributed by atoms with van der Waals surface area (Å²) in [7, 11) is 0. The van der Waals surface area contributed by atoms with Crippen LogP contribution in [0, 0.1) is 5.92 Å². The Kier molecular flexibility index (Phi) is 7.61. The maximum Gasteiger partial charge on any atom is 0.416 e. The van der Waals surface area contributed by atoms with Crippen molar-refractivity contribution in [1.29, 1.82) is 0 Å². The van der Waals surface area contributed by atoms with Gasteiger partial charge in [-0.15, -0.1) is 6.58 Å². The number of benzene rings is 1. The molecule has 0 bridgehead atoms. The van der Waals surface area contributed by atoms with E-state index >= 15 is 0 Å². The summed E-state index contributed by atoms with van der Waals surface area (Å²) in [6.45, 7) is 14.1. The fourth-order valence-electron chi connectivity index (χ4n) is 3.10. The van der Waals surface area contributed by atoms with E-state index in [1.54, 1.807) is 0 Å². The number of nitrogens with two attached hydrogens (primary N) is 1. The standard InChI is InChI=1S/C22H27F3N4O/c1-6-8-16-9-10-17(12-19(16)22(23,24)25)15(5)27-21(30-26)20-13-18(11-14(3)4)29(7-2)28-20/h6,9-10,12-14H,1,5,7-8,11,26H2,2-4H3/b27-21-. The molecule has 30 heavy (non-hydrogen) atoms. The molecule has 0 radical (unpaired) electrons. The molecule has 0 aliphatic carbocycles. The zero-order valence-corrected chi connectivity index (χ0v) is 17.5. The van der Waals surface area contributed by atoms with Crippen LogP contribution in [0.2, 0.25) is 0 Å². The average Bonchev–Trinajstić information content (AvgIpc) is 3.07. The van der Waals surface area contributed by atoms with Gasteiger partial charge in [-0.2, -0.15) is 24.2 Å². The average molecular weight is 420 g/mol. The molecule has 0 fully saturated rings. The lowest BCUT2D eigenvalue weighted by Gasteiger charge is -2.14. The zero-order valence-electron chi connectivity index (χ0n) is 17.5. The van der Waals surface area contributed by atoms with Gasteiger partial charge in [0.15, 0.2) is 0 Å². The quantitative estimate of drug-likeness (QED) is 0.278. The lowest BCUT2D eigenvalue weighted by Crippen LogP contribution is -2.14. The molecule has 0 aliphatic rings. The second-order valence-electron chi connectivity index (χ2n) is 7.28. The highest BCUT2D eigenvalue weighted by Gasteiger charge is 2.33. The van der Waals surface area contributed by atoms with Crippen molar-refractivity contribution in [3.05, 3.63) is 71.6 Å². The molecule has 0 saturated heterocycles. The van der Waals surface area contributed by atoms with E-state index < -0.39 is 11.7 Å². The van der Waals surface area contributed by atoms with Crippen LogP contribution in [0.5, 0.6) is 0 Å². The van der Waals surface area contributed by atoms with Crippen LogP contribution in [-0.2, 0) is 30.4 Å². The van der Waals surface area contributed by atoms with E-state index in [1.807, 2.05) is 17.7 Å². The molecule has 0 amide bonds. The van der Waals surface area contributed by atoms with Crippen LogP contribution >= 0.6 is 0 Å². The summed E-state index contributed by atoms with van der Waals surface area (Å²) in [5, 5.41) is 4.44. The molecule has 1 aromatic carbocycles. The number of alkyl halides is 3. The fraction of sp³-hybridized carbons (Fsp3) is 0.364. The van der Waals surface area contributed by atoms with Gasteiger partial charge in [-0.3, -0.25) is 4.68 Å². The highest BCUT2D eigenvalue weighted by molar-refractivity contribution is 5.95. The van der Waals surface area contributed by atoms with Gasteiger partial charge in [0.05, 0.1) is 11.3 Å². The number of aromatic nitrogens is 2. The number of aryl methyl sites for hydroxylation is 1. The Morgan fingerprint density at radius 1 is 1.33 bits per heavy atom.